The summed E-state index contributed by atoms with van der Waals surface area (Å²) in [6.07, 6.45) is 1.04. The van der Waals surface area contributed by atoms with Gasteiger partial charge in [0.05, 0.1) is 5.69 Å². The third-order valence-electron chi connectivity index (χ3n) is 2.23. The first kappa shape index (κ1) is 9.26. The van der Waals surface area contributed by atoms with Gasteiger partial charge in [0.25, 0.3) is 0 Å². The van der Waals surface area contributed by atoms with E-state index in [-0.39, 0.29) is 0 Å². The van der Waals surface area contributed by atoms with Gasteiger partial charge in [-0.1, -0.05) is 6.92 Å². The fourth-order valence-electron chi connectivity index (χ4n) is 1.22. The molecule has 1 heterocycles. The zero-order valence-corrected chi connectivity index (χ0v) is 8.26. The number of hydrogen-bond donors (Lipinski definition) is 1. The van der Waals surface area contributed by atoms with Crippen molar-refractivity contribution in [3.63, 3.8) is 0 Å². The van der Waals surface area contributed by atoms with Crippen LogP contribution in [0.3, 0.4) is 0 Å². The Hall–Kier alpha value is -0.830. The molecular formula is C9H17N3. The summed E-state index contributed by atoms with van der Waals surface area (Å²) in [6, 6.07) is 2.50. The van der Waals surface area contributed by atoms with E-state index < -0.39 is 0 Å². The standard InChI is InChI=1S/C9H17N3/c1-5-8-6-9(7(2)10-3)11-12(8)4/h6-7,10H,5H2,1-4H3. The molecule has 0 spiro atoms. The second-order valence-corrected chi connectivity index (χ2v) is 3.05. The summed E-state index contributed by atoms with van der Waals surface area (Å²) >= 11 is 0. The molecule has 0 fully saturated rings. The lowest BCUT2D eigenvalue weighted by Gasteiger charge is -2.04. The molecule has 1 unspecified atom stereocenters. The predicted molar refractivity (Wildman–Crippen MR) is 50.1 cm³/mol. The number of nitrogens with zero attached hydrogens (tertiary/aromatic N) is 2. The van der Waals surface area contributed by atoms with Gasteiger partial charge < -0.3 is 5.32 Å². The van der Waals surface area contributed by atoms with Crippen molar-refractivity contribution in [1.29, 1.82) is 0 Å². The van der Waals surface area contributed by atoms with E-state index in [9.17, 15) is 0 Å². The van der Waals surface area contributed by atoms with Crippen molar-refractivity contribution in [3.8, 4) is 0 Å². The van der Waals surface area contributed by atoms with Gasteiger partial charge in [0.15, 0.2) is 0 Å². The van der Waals surface area contributed by atoms with E-state index in [2.05, 4.69) is 30.3 Å². The van der Waals surface area contributed by atoms with Gasteiger partial charge in [0, 0.05) is 18.8 Å². The lowest BCUT2D eigenvalue weighted by molar-refractivity contribution is 0.607. The molecule has 3 heteroatoms. The second-order valence-electron chi connectivity index (χ2n) is 3.05. The number of aryl methyl sites for hydroxylation is 2. The highest BCUT2D eigenvalue weighted by molar-refractivity contribution is 5.13. The minimum atomic E-state index is 0.344. The molecule has 68 valence electrons. The van der Waals surface area contributed by atoms with Crippen LogP contribution in [0.5, 0.6) is 0 Å². The number of rotatable bonds is 3. The Balaban J connectivity index is 2.88. The van der Waals surface area contributed by atoms with Gasteiger partial charge in [0.2, 0.25) is 0 Å². The Morgan fingerprint density at radius 1 is 1.67 bits per heavy atom. The molecule has 0 radical (unpaired) electrons. The number of nitrogens with one attached hydrogen (secondary N) is 1. The van der Waals surface area contributed by atoms with Crippen molar-refractivity contribution in [2.24, 2.45) is 7.05 Å². The quantitative estimate of drug-likeness (QED) is 0.734. The van der Waals surface area contributed by atoms with Gasteiger partial charge in [-0.25, -0.2) is 0 Å². The van der Waals surface area contributed by atoms with Gasteiger partial charge >= 0.3 is 0 Å². The molecule has 1 aromatic heterocycles. The Labute approximate surface area is 73.8 Å². The van der Waals surface area contributed by atoms with Crippen LogP contribution in [0.4, 0.5) is 0 Å². The molecule has 1 aromatic rings. The molecule has 0 aliphatic rings. The Morgan fingerprint density at radius 3 is 2.75 bits per heavy atom. The van der Waals surface area contributed by atoms with Crippen molar-refractivity contribution in [2.45, 2.75) is 26.3 Å². The van der Waals surface area contributed by atoms with Gasteiger partial charge in [-0.2, -0.15) is 5.10 Å². The summed E-state index contributed by atoms with van der Waals surface area (Å²) < 4.78 is 1.95. The van der Waals surface area contributed by atoms with Crippen LogP contribution in [-0.2, 0) is 13.5 Å². The summed E-state index contributed by atoms with van der Waals surface area (Å²) in [5.41, 5.74) is 2.41. The molecule has 0 amide bonds. The largest absolute Gasteiger partial charge is 0.312 e. The summed E-state index contributed by atoms with van der Waals surface area (Å²) in [4.78, 5) is 0. The summed E-state index contributed by atoms with van der Waals surface area (Å²) in [7, 11) is 3.94. The van der Waals surface area contributed by atoms with Gasteiger partial charge in [-0.3, -0.25) is 4.68 Å². The molecule has 0 bridgehead atoms. The van der Waals surface area contributed by atoms with Crippen molar-refractivity contribution in [1.82, 2.24) is 15.1 Å². The van der Waals surface area contributed by atoms with Crippen molar-refractivity contribution in [3.05, 3.63) is 17.5 Å². The highest BCUT2D eigenvalue weighted by Gasteiger charge is 2.08. The maximum Gasteiger partial charge on any atom is 0.0793 e. The fraction of sp³-hybridized carbons (Fsp3) is 0.667. The van der Waals surface area contributed by atoms with Crippen LogP contribution >= 0.6 is 0 Å². The van der Waals surface area contributed by atoms with Gasteiger partial charge in [-0.05, 0) is 26.5 Å². The summed E-state index contributed by atoms with van der Waals surface area (Å²) in [5.74, 6) is 0. The molecule has 1 atom stereocenters. The third-order valence-corrected chi connectivity index (χ3v) is 2.23. The first-order chi connectivity index (χ1) is 5.69. The van der Waals surface area contributed by atoms with E-state index in [0.29, 0.717) is 6.04 Å². The molecule has 12 heavy (non-hydrogen) atoms. The van der Waals surface area contributed by atoms with Gasteiger partial charge in [0.1, 0.15) is 0 Å². The lowest BCUT2D eigenvalue weighted by atomic mass is 10.2. The summed E-state index contributed by atoms with van der Waals surface area (Å²) in [6.45, 7) is 4.26. The van der Waals surface area contributed by atoms with Crippen molar-refractivity contribution in [2.75, 3.05) is 7.05 Å². The lowest BCUT2D eigenvalue weighted by Crippen LogP contribution is -2.13. The smallest absolute Gasteiger partial charge is 0.0793 e. The zero-order valence-electron chi connectivity index (χ0n) is 8.26. The SMILES string of the molecule is CCc1cc(C(C)NC)nn1C. The average molecular weight is 167 g/mol. The molecule has 0 aromatic carbocycles. The first-order valence-corrected chi connectivity index (χ1v) is 4.39. The monoisotopic (exact) mass is 167 g/mol. The minimum Gasteiger partial charge on any atom is -0.312 e. The number of aromatic nitrogens is 2. The van der Waals surface area contributed by atoms with Crippen LogP contribution in [0.1, 0.15) is 31.3 Å². The van der Waals surface area contributed by atoms with E-state index in [0.717, 1.165) is 12.1 Å². The topological polar surface area (TPSA) is 29.9 Å². The maximum absolute atomic E-state index is 4.41. The summed E-state index contributed by atoms with van der Waals surface area (Å²) in [5, 5.41) is 7.58. The normalized spacial score (nSPS) is 13.3. The Bertz CT molecular complexity index is 252. The van der Waals surface area contributed by atoms with Crippen molar-refractivity contribution >= 4 is 0 Å². The Morgan fingerprint density at radius 2 is 2.33 bits per heavy atom. The van der Waals surface area contributed by atoms with Crippen molar-refractivity contribution < 1.29 is 0 Å². The van der Waals surface area contributed by atoms with Crippen LogP contribution < -0.4 is 5.32 Å². The van der Waals surface area contributed by atoms with E-state index in [4.69, 9.17) is 0 Å². The molecule has 3 nitrogen and oxygen atoms in total. The predicted octanol–water partition coefficient (Wildman–Crippen LogP) is 1.26. The van der Waals surface area contributed by atoms with Crippen LogP contribution in [0.15, 0.2) is 6.07 Å². The van der Waals surface area contributed by atoms with Crippen LogP contribution in [-0.4, -0.2) is 16.8 Å². The van der Waals surface area contributed by atoms with E-state index in [1.165, 1.54) is 5.69 Å². The van der Waals surface area contributed by atoms with E-state index in [1.54, 1.807) is 0 Å². The highest BCUT2D eigenvalue weighted by atomic mass is 15.3. The zero-order chi connectivity index (χ0) is 9.14. The molecule has 0 aliphatic carbocycles. The Kier molecular flexibility index (Phi) is 2.87. The third kappa shape index (κ3) is 1.67. The minimum absolute atomic E-state index is 0.344. The van der Waals surface area contributed by atoms with E-state index in [1.807, 2.05) is 18.8 Å². The maximum atomic E-state index is 4.41. The highest BCUT2D eigenvalue weighted by Crippen LogP contribution is 2.11. The molecule has 1 N–H and O–H groups in total. The van der Waals surface area contributed by atoms with Crippen LogP contribution in [0.25, 0.3) is 0 Å². The molecule has 0 saturated carbocycles. The number of hydrogen-bond acceptors (Lipinski definition) is 2. The molecule has 1 rings (SSSR count). The molecule has 0 saturated heterocycles. The fourth-order valence-corrected chi connectivity index (χ4v) is 1.22. The second kappa shape index (κ2) is 3.72. The molecular weight excluding hydrogens is 150 g/mol. The van der Waals surface area contributed by atoms with Crippen LogP contribution in [0.2, 0.25) is 0 Å². The van der Waals surface area contributed by atoms with Crippen LogP contribution in [0, 0.1) is 0 Å². The average Bonchev–Trinajstić information content (AvgIpc) is 2.45. The first-order valence-electron chi connectivity index (χ1n) is 4.39. The molecule has 0 aliphatic heterocycles. The van der Waals surface area contributed by atoms with Gasteiger partial charge in [-0.15, -0.1) is 0 Å². The van der Waals surface area contributed by atoms with E-state index >= 15 is 0 Å².